The van der Waals surface area contributed by atoms with Crippen LogP contribution in [0, 0.1) is 5.92 Å². The predicted octanol–water partition coefficient (Wildman–Crippen LogP) is 1.77. The summed E-state index contributed by atoms with van der Waals surface area (Å²) in [6.07, 6.45) is 6.08. The van der Waals surface area contributed by atoms with Crippen molar-refractivity contribution in [3.63, 3.8) is 0 Å². The van der Waals surface area contributed by atoms with Crippen molar-refractivity contribution in [3.05, 3.63) is 0 Å². The smallest absolute Gasteiger partial charge is 0.245 e. The first-order valence-corrected chi connectivity index (χ1v) is 9.92. The quantitative estimate of drug-likeness (QED) is 0.741. The van der Waals surface area contributed by atoms with Gasteiger partial charge >= 0.3 is 0 Å². The number of hydrogen-bond donors (Lipinski definition) is 1. The molecule has 27 heavy (non-hydrogen) atoms. The number of fused-ring (bicyclic) bond motifs is 1. The van der Waals surface area contributed by atoms with Gasteiger partial charge in [-0.15, -0.1) is 0 Å². The summed E-state index contributed by atoms with van der Waals surface area (Å²) < 4.78 is 10.0. The summed E-state index contributed by atoms with van der Waals surface area (Å²) >= 11 is 0. The molecule has 0 bridgehead atoms. The minimum Gasteiger partial charge on any atom is -0.383 e. The van der Waals surface area contributed by atoms with Gasteiger partial charge in [0.2, 0.25) is 11.3 Å². The van der Waals surface area contributed by atoms with Crippen LogP contribution in [0.2, 0.25) is 0 Å². The van der Waals surface area contributed by atoms with Gasteiger partial charge in [0.15, 0.2) is 11.6 Å². The van der Waals surface area contributed by atoms with E-state index < -0.39 is 0 Å². The number of methoxy groups -OCH3 is 1. The van der Waals surface area contributed by atoms with Gasteiger partial charge in [0, 0.05) is 39.8 Å². The molecule has 2 aromatic rings. The van der Waals surface area contributed by atoms with Crippen molar-refractivity contribution in [2.75, 3.05) is 57.2 Å². The second kappa shape index (κ2) is 8.35. The molecule has 0 aromatic carbocycles. The summed E-state index contributed by atoms with van der Waals surface area (Å²) in [4.78, 5) is 14.0. The van der Waals surface area contributed by atoms with E-state index in [1.165, 1.54) is 32.1 Å². The van der Waals surface area contributed by atoms with Crippen molar-refractivity contribution in [1.29, 1.82) is 0 Å². The number of ether oxygens (including phenoxy) is 1. The van der Waals surface area contributed by atoms with Crippen LogP contribution in [0.4, 0.5) is 11.6 Å². The molecule has 1 aliphatic heterocycles. The zero-order valence-corrected chi connectivity index (χ0v) is 16.2. The molecule has 1 unspecified atom stereocenters. The fourth-order valence-corrected chi connectivity index (χ4v) is 4.21. The van der Waals surface area contributed by atoms with E-state index in [1.807, 2.05) is 0 Å². The Morgan fingerprint density at radius 2 is 1.96 bits per heavy atom. The summed E-state index contributed by atoms with van der Waals surface area (Å²) in [7, 11) is 3.84. The van der Waals surface area contributed by atoms with Crippen LogP contribution in [0.15, 0.2) is 4.63 Å². The Bertz CT molecular complexity index is 746. The van der Waals surface area contributed by atoms with E-state index in [0.29, 0.717) is 23.3 Å². The summed E-state index contributed by atoms with van der Waals surface area (Å²) in [5.74, 6) is 2.24. The van der Waals surface area contributed by atoms with Crippen LogP contribution in [0.3, 0.4) is 0 Å². The summed E-state index contributed by atoms with van der Waals surface area (Å²) in [5, 5.41) is 11.3. The van der Waals surface area contributed by atoms with Gasteiger partial charge in [0.1, 0.15) is 0 Å². The zero-order chi connectivity index (χ0) is 18.6. The summed E-state index contributed by atoms with van der Waals surface area (Å²) in [5.41, 5.74) is 0.918. The lowest BCUT2D eigenvalue weighted by Crippen LogP contribution is -2.31. The Balaban J connectivity index is 1.47. The van der Waals surface area contributed by atoms with Crippen molar-refractivity contribution < 1.29 is 9.37 Å². The number of hydrogen-bond acceptors (Lipinski definition) is 9. The highest BCUT2D eigenvalue weighted by Gasteiger charge is 2.26. The summed E-state index contributed by atoms with van der Waals surface area (Å²) in [6, 6.07) is 0.458. The lowest BCUT2D eigenvalue weighted by atomic mass is 10.1. The van der Waals surface area contributed by atoms with Crippen molar-refractivity contribution in [1.82, 2.24) is 25.2 Å². The SMILES string of the molecule is COCCN1CCC(CN(C)c2nc3nonc3nc2NC2CCCC2)C1. The standard InChI is InChI=1S/C18H29N7O2/c1-24(11-13-7-8-25(12-13)9-10-26-2)18-17(19-14-5-3-4-6-14)20-15-16(21-18)23-27-22-15/h13-14H,3-12H2,1-2H3,(H,19,20,22). The molecule has 1 N–H and O–H groups in total. The van der Waals surface area contributed by atoms with E-state index >= 15 is 0 Å². The molecule has 4 rings (SSSR count). The largest absolute Gasteiger partial charge is 0.383 e. The van der Waals surface area contributed by atoms with Crippen molar-refractivity contribution in [2.45, 2.75) is 38.1 Å². The third-order valence-corrected chi connectivity index (χ3v) is 5.67. The molecule has 0 spiro atoms. The van der Waals surface area contributed by atoms with E-state index in [2.05, 4.69) is 42.4 Å². The maximum atomic E-state index is 5.20. The van der Waals surface area contributed by atoms with Gasteiger partial charge in [-0.3, -0.25) is 0 Å². The lowest BCUT2D eigenvalue weighted by Gasteiger charge is -2.25. The highest BCUT2D eigenvalue weighted by atomic mass is 16.6. The Labute approximate surface area is 159 Å². The number of anilines is 2. The monoisotopic (exact) mass is 375 g/mol. The van der Waals surface area contributed by atoms with Crippen LogP contribution in [0.25, 0.3) is 11.3 Å². The van der Waals surface area contributed by atoms with Gasteiger partial charge in [0.25, 0.3) is 0 Å². The van der Waals surface area contributed by atoms with Crippen LogP contribution in [-0.4, -0.2) is 78.2 Å². The third kappa shape index (κ3) is 4.30. The molecule has 3 heterocycles. The van der Waals surface area contributed by atoms with Crippen LogP contribution >= 0.6 is 0 Å². The van der Waals surface area contributed by atoms with Crippen LogP contribution in [0.1, 0.15) is 32.1 Å². The molecule has 0 amide bonds. The van der Waals surface area contributed by atoms with Gasteiger partial charge in [-0.2, -0.15) is 0 Å². The number of nitrogens with one attached hydrogen (secondary N) is 1. The highest BCUT2D eigenvalue weighted by Crippen LogP contribution is 2.29. The van der Waals surface area contributed by atoms with Gasteiger partial charge in [-0.1, -0.05) is 12.8 Å². The van der Waals surface area contributed by atoms with Crippen LogP contribution in [0.5, 0.6) is 0 Å². The minimum atomic E-state index is 0.458. The first kappa shape index (κ1) is 18.4. The molecule has 9 nitrogen and oxygen atoms in total. The van der Waals surface area contributed by atoms with Crippen LogP contribution in [-0.2, 0) is 4.74 Å². The van der Waals surface area contributed by atoms with E-state index in [1.54, 1.807) is 7.11 Å². The Kier molecular flexibility index (Phi) is 5.68. The van der Waals surface area contributed by atoms with E-state index in [0.717, 1.165) is 44.4 Å². The zero-order valence-electron chi connectivity index (χ0n) is 16.2. The maximum Gasteiger partial charge on any atom is 0.245 e. The highest BCUT2D eigenvalue weighted by molar-refractivity contribution is 5.74. The van der Waals surface area contributed by atoms with Crippen molar-refractivity contribution in [2.24, 2.45) is 5.92 Å². The molecular formula is C18H29N7O2. The first-order valence-electron chi connectivity index (χ1n) is 9.92. The van der Waals surface area contributed by atoms with Gasteiger partial charge in [-0.05, 0) is 42.0 Å². The van der Waals surface area contributed by atoms with Crippen molar-refractivity contribution in [3.8, 4) is 0 Å². The van der Waals surface area contributed by atoms with E-state index in [9.17, 15) is 0 Å². The molecule has 9 heteroatoms. The topological polar surface area (TPSA) is 92.4 Å². The Morgan fingerprint density at radius 3 is 2.74 bits per heavy atom. The van der Waals surface area contributed by atoms with Crippen LogP contribution < -0.4 is 10.2 Å². The molecule has 2 aromatic heterocycles. The normalized spacial score (nSPS) is 21.3. The Morgan fingerprint density at radius 1 is 1.19 bits per heavy atom. The molecule has 1 saturated heterocycles. The fraction of sp³-hybridized carbons (Fsp3) is 0.778. The molecular weight excluding hydrogens is 346 g/mol. The average molecular weight is 375 g/mol. The molecule has 2 aliphatic rings. The fourth-order valence-electron chi connectivity index (χ4n) is 4.21. The van der Waals surface area contributed by atoms with Gasteiger partial charge < -0.3 is 19.9 Å². The average Bonchev–Trinajstić information content (AvgIpc) is 3.41. The second-order valence-electron chi connectivity index (χ2n) is 7.76. The first-order chi connectivity index (χ1) is 13.2. The predicted molar refractivity (Wildman–Crippen MR) is 103 cm³/mol. The number of rotatable bonds is 8. The lowest BCUT2D eigenvalue weighted by molar-refractivity contribution is 0.159. The minimum absolute atomic E-state index is 0.458. The third-order valence-electron chi connectivity index (χ3n) is 5.67. The molecule has 1 atom stereocenters. The number of nitrogens with zero attached hydrogens (tertiary/aromatic N) is 6. The molecule has 1 saturated carbocycles. The second-order valence-corrected chi connectivity index (χ2v) is 7.76. The van der Waals surface area contributed by atoms with Gasteiger partial charge in [-0.25, -0.2) is 14.6 Å². The molecule has 2 fully saturated rings. The van der Waals surface area contributed by atoms with E-state index in [4.69, 9.17) is 9.37 Å². The van der Waals surface area contributed by atoms with Crippen molar-refractivity contribution >= 4 is 22.9 Å². The summed E-state index contributed by atoms with van der Waals surface area (Å²) in [6.45, 7) is 4.96. The maximum absolute atomic E-state index is 5.20. The molecule has 148 valence electrons. The molecule has 1 aliphatic carbocycles. The number of likely N-dealkylation sites (tertiary alicyclic amines) is 1. The Hall–Kier alpha value is -2.00. The molecule has 0 radical (unpaired) electrons. The van der Waals surface area contributed by atoms with E-state index in [-0.39, 0.29) is 0 Å². The van der Waals surface area contributed by atoms with Gasteiger partial charge in [0.05, 0.1) is 6.61 Å². The number of aromatic nitrogens is 4.